The van der Waals surface area contributed by atoms with Crippen LogP contribution in [0.25, 0.3) is 0 Å². The summed E-state index contributed by atoms with van der Waals surface area (Å²) in [6, 6.07) is 0.718. The number of alkyl halides is 12. The molecule has 29 heteroatoms. The van der Waals surface area contributed by atoms with E-state index in [9.17, 15) is 91.0 Å². The van der Waals surface area contributed by atoms with Crippen molar-refractivity contribution in [2.75, 3.05) is 26.2 Å². The van der Waals surface area contributed by atoms with Crippen LogP contribution >= 0.6 is 0 Å². The van der Waals surface area contributed by atoms with Crippen LogP contribution < -0.4 is 43.0 Å². The second-order valence-electron chi connectivity index (χ2n) is 13.5. The Morgan fingerprint density at radius 2 is 0.781 bits per heavy atom. The lowest BCUT2D eigenvalue weighted by atomic mass is 10.0. The summed E-state index contributed by atoms with van der Waals surface area (Å²) in [7, 11) is 0. The maximum atomic E-state index is 13.7. The van der Waals surface area contributed by atoms with Crippen LogP contribution in [0.15, 0.2) is 30.3 Å². The smallest absolute Gasteiger partial charge is 0.459 e. The molecule has 1 rings (SSSR count). The summed E-state index contributed by atoms with van der Waals surface area (Å²) < 4.78 is 157. The van der Waals surface area contributed by atoms with Gasteiger partial charge in [0.2, 0.25) is 17.7 Å². The maximum Gasteiger partial charge on any atom is 0.471 e. The average Bonchev–Trinajstić information content (AvgIpc) is 3.19. The number of nitrogens with two attached hydrogens (primary N) is 1. The maximum absolute atomic E-state index is 13.7. The van der Waals surface area contributed by atoms with Crippen LogP contribution in [0.4, 0.5) is 52.7 Å². The third-order valence-electron chi connectivity index (χ3n) is 8.30. The quantitative estimate of drug-likeness (QED) is 0.0397. The number of nitrogens with one attached hydrogen (secondary N) is 7. The van der Waals surface area contributed by atoms with Gasteiger partial charge in [0.05, 0.1) is 6.04 Å². The first-order valence-corrected chi connectivity index (χ1v) is 18.8. The molecule has 7 amide bonds. The normalized spacial score (nSPS) is 13.8. The first-order valence-electron chi connectivity index (χ1n) is 18.8. The van der Waals surface area contributed by atoms with Gasteiger partial charge in [-0.25, -0.2) is 4.79 Å². The van der Waals surface area contributed by atoms with E-state index in [0.29, 0.717) is 5.56 Å². The molecule has 0 unspecified atom stereocenters. The average molecular weight is 949 g/mol. The van der Waals surface area contributed by atoms with E-state index in [1.165, 1.54) is 28.1 Å². The molecule has 4 atom stereocenters. The van der Waals surface area contributed by atoms with E-state index in [2.05, 4.69) is 16.0 Å². The van der Waals surface area contributed by atoms with Crippen LogP contribution in [-0.4, -0.2) is 122 Å². The summed E-state index contributed by atoms with van der Waals surface area (Å²) in [5.41, 5.74) is 6.20. The van der Waals surface area contributed by atoms with Crippen molar-refractivity contribution >= 4 is 47.3 Å². The third kappa shape index (κ3) is 22.5. The fourth-order valence-electron chi connectivity index (χ4n) is 5.02. The van der Waals surface area contributed by atoms with Crippen LogP contribution in [-0.2, 0) is 49.7 Å². The van der Waals surface area contributed by atoms with Crippen LogP contribution in [0.5, 0.6) is 0 Å². The van der Waals surface area contributed by atoms with Gasteiger partial charge in [-0.15, -0.1) is 0 Å². The van der Waals surface area contributed by atoms with Crippen molar-refractivity contribution in [2.45, 2.75) is 107 Å². The van der Waals surface area contributed by atoms with Crippen molar-refractivity contribution in [3.05, 3.63) is 35.9 Å². The highest BCUT2D eigenvalue weighted by molar-refractivity contribution is 5.94. The van der Waals surface area contributed by atoms with Crippen molar-refractivity contribution in [3.63, 3.8) is 0 Å². The summed E-state index contributed by atoms with van der Waals surface area (Å²) in [6.45, 7) is -3.25. The summed E-state index contributed by atoms with van der Waals surface area (Å²) in [5, 5.41) is 12.5. The Labute approximate surface area is 355 Å². The fourth-order valence-corrected chi connectivity index (χ4v) is 5.02. The van der Waals surface area contributed by atoms with E-state index in [0.717, 1.165) is 0 Å². The molecule has 17 nitrogen and oxygen atoms in total. The standard InChI is InChI=1S/C35H44F12N8O9/c36-32(37,38)28(60)49-14-4-10-20(48)24(56)53-21(11-5-15-50-29(61)33(39,40)41)25(57)54-22(12-6-16-51-30(62)34(42,43)44)26(58)55-23(13-7-17-52-31(63)35(45,46)47)27(59)64-18-19-8-2-1-3-9-19/h1-3,8-9,20-23H,4-7,10-18,48H2,(H,49,60)(H,50,61)(H,51,62)(H,52,63)(H,53,56)(H,54,57)(H,55,58)/t20-,21-,22-,23-/m0/s1. The van der Waals surface area contributed by atoms with Gasteiger partial charge in [-0.05, 0) is 56.9 Å². The predicted octanol–water partition coefficient (Wildman–Crippen LogP) is 1.35. The van der Waals surface area contributed by atoms with Crippen LogP contribution in [0.3, 0.4) is 0 Å². The van der Waals surface area contributed by atoms with Gasteiger partial charge in [-0.2, -0.15) is 52.7 Å². The van der Waals surface area contributed by atoms with Gasteiger partial charge in [0.15, 0.2) is 0 Å². The number of halogens is 12. The summed E-state index contributed by atoms with van der Waals surface area (Å²) in [5.74, 6) is -14.4. The molecule has 9 N–H and O–H groups in total. The number of hydrogen-bond donors (Lipinski definition) is 8. The van der Waals surface area contributed by atoms with Gasteiger partial charge in [0.1, 0.15) is 24.7 Å². The predicted molar refractivity (Wildman–Crippen MR) is 193 cm³/mol. The summed E-state index contributed by atoms with van der Waals surface area (Å²) in [4.78, 5) is 98.3. The molecule has 64 heavy (non-hydrogen) atoms. The molecule has 0 saturated heterocycles. The SMILES string of the molecule is N[C@@H](CCCNC(=O)C(F)(F)F)C(=O)N[C@@H](CCCNC(=O)C(F)(F)F)C(=O)N[C@@H](CCCNC(=O)C(F)(F)F)C(=O)N[C@@H](CCCNC(=O)C(F)(F)F)C(=O)OCc1ccccc1. The van der Waals surface area contributed by atoms with Crippen molar-refractivity contribution < 1.29 is 95.8 Å². The van der Waals surface area contributed by atoms with Crippen molar-refractivity contribution in [1.82, 2.24) is 37.2 Å². The topological polar surface area (TPSA) is 256 Å². The first kappa shape index (κ1) is 56.1. The molecule has 0 radical (unpaired) electrons. The highest BCUT2D eigenvalue weighted by atomic mass is 19.4. The Morgan fingerprint density at radius 1 is 0.469 bits per heavy atom. The Morgan fingerprint density at radius 3 is 1.14 bits per heavy atom. The van der Waals surface area contributed by atoms with E-state index in [4.69, 9.17) is 10.5 Å². The number of hydrogen-bond acceptors (Lipinski definition) is 10. The zero-order valence-electron chi connectivity index (χ0n) is 33.2. The number of ether oxygens (including phenoxy) is 1. The van der Waals surface area contributed by atoms with Crippen molar-refractivity contribution in [2.24, 2.45) is 5.73 Å². The summed E-state index contributed by atoms with van der Waals surface area (Å²) >= 11 is 0. The van der Waals surface area contributed by atoms with E-state index in [1.54, 1.807) is 23.5 Å². The van der Waals surface area contributed by atoms with Crippen molar-refractivity contribution in [1.29, 1.82) is 0 Å². The zero-order chi connectivity index (χ0) is 48.9. The van der Waals surface area contributed by atoms with Gasteiger partial charge >= 0.3 is 54.3 Å². The Hall–Kier alpha value is -5.90. The molecule has 0 aliphatic heterocycles. The van der Waals surface area contributed by atoms with Crippen LogP contribution in [0.1, 0.15) is 56.9 Å². The third-order valence-corrected chi connectivity index (χ3v) is 8.30. The summed E-state index contributed by atoms with van der Waals surface area (Å²) in [6.07, 6.45) is -25.1. The highest BCUT2D eigenvalue weighted by Crippen LogP contribution is 2.17. The second kappa shape index (κ2) is 26.0. The molecule has 0 aliphatic rings. The van der Waals surface area contributed by atoms with Gasteiger partial charge in [-0.3, -0.25) is 33.6 Å². The van der Waals surface area contributed by atoms with Gasteiger partial charge in [0.25, 0.3) is 0 Å². The zero-order valence-corrected chi connectivity index (χ0v) is 33.2. The molecule has 362 valence electrons. The Balaban J connectivity index is 3.37. The molecule has 0 aliphatic carbocycles. The number of benzene rings is 1. The minimum absolute atomic E-state index is 0.326. The lowest BCUT2D eigenvalue weighted by Gasteiger charge is -2.26. The van der Waals surface area contributed by atoms with Gasteiger partial charge in [-0.1, -0.05) is 30.3 Å². The molecule has 0 aromatic heterocycles. The molecule has 0 spiro atoms. The number of esters is 1. The van der Waals surface area contributed by atoms with Gasteiger partial charge < -0.3 is 47.7 Å². The fraction of sp³-hybridized carbons (Fsp3) is 0.600. The molecule has 1 aromatic rings. The molecule has 0 heterocycles. The van der Waals surface area contributed by atoms with Crippen molar-refractivity contribution in [3.8, 4) is 0 Å². The molecule has 1 aromatic carbocycles. The molecule has 0 fully saturated rings. The Kier molecular flexibility index (Phi) is 22.8. The molecule has 0 bridgehead atoms. The minimum atomic E-state index is -5.33. The van der Waals surface area contributed by atoms with Gasteiger partial charge in [0, 0.05) is 26.2 Å². The second-order valence-corrected chi connectivity index (χ2v) is 13.5. The lowest BCUT2D eigenvalue weighted by molar-refractivity contribution is -0.173. The number of rotatable bonds is 25. The first-order chi connectivity index (χ1) is 29.5. The Bertz CT molecular complexity index is 1730. The number of carbonyl (C=O) groups is 8. The van der Waals surface area contributed by atoms with E-state index >= 15 is 0 Å². The van der Waals surface area contributed by atoms with E-state index < -0.39 is 174 Å². The number of amides is 7. The minimum Gasteiger partial charge on any atom is -0.459 e. The van der Waals surface area contributed by atoms with Crippen LogP contribution in [0.2, 0.25) is 0 Å². The molecular formula is C35H44F12N8O9. The molecular weight excluding hydrogens is 904 g/mol. The van der Waals surface area contributed by atoms with E-state index in [1.807, 2.05) is 0 Å². The lowest BCUT2D eigenvalue weighted by Crippen LogP contribution is -2.57. The molecule has 0 saturated carbocycles. The van der Waals surface area contributed by atoms with Crippen LogP contribution in [0, 0.1) is 0 Å². The van der Waals surface area contributed by atoms with E-state index in [-0.39, 0.29) is 6.42 Å². The largest absolute Gasteiger partial charge is 0.471 e. The number of carbonyl (C=O) groups excluding carboxylic acids is 8. The highest BCUT2D eigenvalue weighted by Gasteiger charge is 2.41. The monoisotopic (exact) mass is 948 g/mol.